The fourth-order valence-corrected chi connectivity index (χ4v) is 2.59. The van der Waals surface area contributed by atoms with Gasteiger partial charge >= 0.3 is 0 Å². The summed E-state index contributed by atoms with van der Waals surface area (Å²) in [6, 6.07) is 0. The Bertz CT molecular complexity index is 136. The van der Waals surface area contributed by atoms with Gasteiger partial charge in [-0.2, -0.15) is 11.8 Å². The number of hydrogen-bond acceptors (Lipinski definition) is 2. The first-order valence-corrected chi connectivity index (χ1v) is 5.22. The molecule has 0 bridgehead atoms. The van der Waals surface area contributed by atoms with E-state index < -0.39 is 0 Å². The minimum absolute atomic E-state index is 0.441. The van der Waals surface area contributed by atoms with Crippen molar-refractivity contribution >= 4 is 11.8 Å². The number of thioether (sulfide) groups is 1. The zero-order valence-electron chi connectivity index (χ0n) is 7.39. The third-order valence-corrected chi connectivity index (χ3v) is 3.53. The summed E-state index contributed by atoms with van der Waals surface area (Å²) in [5.74, 6) is 1.33. The van der Waals surface area contributed by atoms with Gasteiger partial charge in [0, 0.05) is 11.3 Å². The summed E-state index contributed by atoms with van der Waals surface area (Å²) in [5, 5.41) is 3.11. The van der Waals surface area contributed by atoms with Gasteiger partial charge in [-0.1, -0.05) is 12.2 Å². The van der Waals surface area contributed by atoms with Crippen LogP contribution in [0.1, 0.15) is 19.8 Å². The first kappa shape index (κ1) is 9.14. The topological polar surface area (TPSA) is 12.0 Å². The van der Waals surface area contributed by atoms with Gasteiger partial charge in [0.25, 0.3) is 0 Å². The highest BCUT2D eigenvalue weighted by Gasteiger charge is 2.25. The molecule has 0 spiro atoms. The van der Waals surface area contributed by atoms with E-state index in [2.05, 4.69) is 36.2 Å². The van der Waals surface area contributed by atoms with Crippen LogP contribution in [0.3, 0.4) is 0 Å². The van der Waals surface area contributed by atoms with Crippen LogP contribution in [0.15, 0.2) is 12.2 Å². The lowest BCUT2D eigenvalue weighted by Crippen LogP contribution is -2.12. The van der Waals surface area contributed by atoms with Crippen LogP contribution in [-0.2, 0) is 0 Å². The first-order valence-electron chi connectivity index (χ1n) is 4.23. The van der Waals surface area contributed by atoms with E-state index in [4.69, 9.17) is 0 Å². The summed E-state index contributed by atoms with van der Waals surface area (Å²) in [7, 11) is 1.98. The molecule has 1 unspecified atom stereocenters. The molecular formula is C9H17NS. The molecule has 0 aromatic rings. The van der Waals surface area contributed by atoms with Crippen LogP contribution >= 0.6 is 11.8 Å². The number of likely N-dealkylation sites (N-methyl/N-ethyl adjacent to an activating group) is 1. The summed E-state index contributed by atoms with van der Waals surface area (Å²) in [6.45, 7) is 3.33. The van der Waals surface area contributed by atoms with Crippen molar-refractivity contribution in [1.82, 2.24) is 5.32 Å². The summed E-state index contributed by atoms with van der Waals surface area (Å²) in [6.07, 6.45) is 7.31. The summed E-state index contributed by atoms with van der Waals surface area (Å²) in [5.41, 5.74) is 0. The molecule has 11 heavy (non-hydrogen) atoms. The van der Waals surface area contributed by atoms with Gasteiger partial charge in [-0.25, -0.2) is 0 Å². The van der Waals surface area contributed by atoms with Crippen LogP contribution in [-0.4, -0.2) is 24.1 Å². The molecule has 0 radical (unpaired) electrons. The highest BCUT2D eigenvalue weighted by molar-refractivity contribution is 8.01. The average Bonchev–Trinajstić information content (AvgIpc) is 2.38. The van der Waals surface area contributed by atoms with Crippen LogP contribution in [0.4, 0.5) is 0 Å². The second-order valence-corrected chi connectivity index (χ2v) is 4.85. The summed E-state index contributed by atoms with van der Waals surface area (Å²) >= 11 is 2.08. The molecule has 0 aromatic heterocycles. The molecule has 1 saturated heterocycles. The van der Waals surface area contributed by atoms with Gasteiger partial charge in [-0.05, 0) is 32.6 Å². The number of hydrogen-bond donors (Lipinski definition) is 1. The second-order valence-electron chi connectivity index (χ2n) is 3.22. The van der Waals surface area contributed by atoms with E-state index in [-0.39, 0.29) is 0 Å². The smallest absolute Gasteiger partial charge is 0.0311 e. The zero-order chi connectivity index (χ0) is 8.16. The van der Waals surface area contributed by atoms with Gasteiger partial charge in [0.05, 0.1) is 0 Å². The fourth-order valence-electron chi connectivity index (χ4n) is 1.36. The van der Waals surface area contributed by atoms with Gasteiger partial charge in [0.1, 0.15) is 0 Å². The van der Waals surface area contributed by atoms with Crippen LogP contribution in [0, 0.1) is 0 Å². The lowest BCUT2D eigenvalue weighted by molar-refractivity contribution is 0.720. The highest BCUT2D eigenvalue weighted by Crippen LogP contribution is 2.38. The number of nitrogens with one attached hydrogen (secondary N) is 1. The molecule has 1 nitrogen and oxygen atoms in total. The third-order valence-electron chi connectivity index (χ3n) is 2.04. The fraction of sp³-hybridized carbons (Fsp3) is 0.778. The van der Waals surface area contributed by atoms with Crippen molar-refractivity contribution < 1.29 is 0 Å². The highest BCUT2D eigenvalue weighted by atomic mass is 32.2. The average molecular weight is 171 g/mol. The summed E-state index contributed by atoms with van der Waals surface area (Å²) < 4.78 is 0.441. The predicted octanol–water partition coefficient (Wildman–Crippen LogP) is 2.05. The molecule has 1 heterocycles. The maximum atomic E-state index is 3.11. The van der Waals surface area contributed by atoms with Gasteiger partial charge in [0.15, 0.2) is 0 Å². The quantitative estimate of drug-likeness (QED) is 0.652. The minimum Gasteiger partial charge on any atom is -0.316 e. The van der Waals surface area contributed by atoms with Gasteiger partial charge in [-0.15, -0.1) is 0 Å². The van der Waals surface area contributed by atoms with E-state index in [1.165, 1.54) is 18.6 Å². The molecule has 0 aromatic carbocycles. The Morgan fingerprint density at radius 1 is 1.64 bits per heavy atom. The molecule has 0 aliphatic carbocycles. The van der Waals surface area contributed by atoms with E-state index >= 15 is 0 Å². The molecule has 0 amide bonds. The molecule has 64 valence electrons. The monoisotopic (exact) mass is 171 g/mol. The van der Waals surface area contributed by atoms with Crippen molar-refractivity contribution in [2.45, 2.75) is 24.5 Å². The minimum atomic E-state index is 0.441. The normalized spacial score (nSPS) is 31.8. The van der Waals surface area contributed by atoms with E-state index in [1.807, 2.05) is 7.05 Å². The van der Waals surface area contributed by atoms with Gasteiger partial charge in [-0.3, -0.25) is 0 Å². The Kier molecular flexibility index (Phi) is 3.46. The number of rotatable bonds is 3. The second kappa shape index (κ2) is 4.17. The largest absolute Gasteiger partial charge is 0.316 e. The van der Waals surface area contributed by atoms with Crippen LogP contribution in [0.2, 0.25) is 0 Å². The maximum Gasteiger partial charge on any atom is 0.0311 e. The van der Waals surface area contributed by atoms with Gasteiger partial charge in [0.2, 0.25) is 0 Å². The third kappa shape index (κ3) is 2.88. The molecule has 1 aliphatic heterocycles. The first-order chi connectivity index (χ1) is 5.27. The zero-order valence-corrected chi connectivity index (χ0v) is 8.21. The molecule has 1 atom stereocenters. The lowest BCUT2D eigenvalue weighted by atomic mass is 10.1. The Hall–Kier alpha value is 0.0500. The Balaban J connectivity index is 2.33. The maximum absolute atomic E-state index is 3.11. The molecule has 1 fully saturated rings. The van der Waals surface area contributed by atoms with Crippen molar-refractivity contribution in [2.75, 3.05) is 19.3 Å². The van der Waals surface area contributed by atoms with Crippen molar-refractivity contribution in [3.05, 3.63) is 12.2 Å². The van der Waals surface area contributed by atoms with Crippen LogP contribution < -0.4 is 5.32 Å². The standard InChI is InChI=1S/C9H17NS/c1-9(5-3-7-10-2)6-4-8-11-9/h3,5,10H,4,6-8H2,1-2H3/b5-3+. The van der Waals surface area contributed by atoms with Crippen LogP contribution in [0.25, 0.3) is 0 Å². The molecule has 1 aliphatic rings. The molecule has 0 saturated carbocycles. The van der Waals surface area contributed by atoms with Crippen molar-refractivity contribution in [1.29, 1.82) is 0 Å². The van der Waals surface area contributed by atoms with E-state index in [9.17, 15) is 0 Å². The van der Waals surface area contributed by atoms with Crippen molar-refractivity contribution in [3.8, 4) is 0 Å². The van der Waals surface area contributed by atoms with Crippen molar-refractivity contribution in [3.63, 3.8) is 0 Å². The molecular weight excluding hydrogens is 154 g/mol. The Labute approximate surface area is 73.6 Å². The molecule has 1 N–H and O–H groups in total. The SMILES string of the molecule is CNC/C=C/C1(C)CCCS1. The van der Waals surface area contributed by atoms with E-state index in [0.29, 0.717) is 4.75 Å². The van der Waals surface area contributed by atoms with Gasteiger partial charge < -0.3 is 5.32 Å². The lowest BCUT2D eigenvalue weighted by Gasteiger charge is -2.16. The van der Waals surface area contributed by atoms with Crippen molar-refractivity contribution in [2.24, 2.45) is 0 Å². The van der Waals surface area contributed by atoms with E-state index in [0.717, 1.165) is 6.54 Å². The Morgan fingerprint density at radius 3 is 3.00 bits per heavy atom. The Morgan fingerprint density at radius 2 is 2.45 bits per heavy atom. The van der Waals surface area contributed by atoms with E-state index in [1.54, 1.807) is 0 Å². The predicted molar refractivity (Wildman–Crippen MR) is 53.2 cm³/mol. The van der Waals surface area contributed by atoms with Crippen LogP contribution in [0.5, 0.6) is 0 Å². The molecule has 2 heteroatoms. The molecule has 1 rings (SSSR count). The summed E-state index contributed by atoms with van der Waals surface area (Å²) in [4.78, 5) is 0.